The van der Waals surface area contributed by atoms with Gasteiger partial charge in [-0.1, -0.05) is 6.92 Å². The monoisotopic (exact) mass is 156 g/mol. The molecule has 11 heavy (non-hydrogen) atoms. The van der Waals surface area contributed by atoms with Crippen LogP contribution in [0.5, 0.6) is 0 Å². The van der Waals surface area contributed by atoms with Gasteiger partial charge in [0.25, 0.3) is 0 Å². The Balaban J connectivity index is 2.27. The maximum Gasteiger partial charge on any atom is 0.0922 e. The molecule has 1 fully saturated rings. The highest BCUT2D eigenvalue weighted by molar-refractivity contribution is 5.22. The summed E-state index contributed by atoms with van der Waals surface area (Å²) in [7, 11) is 0. The van der Waals surface area contributed by atoms with Gasteiger partial charge >= 0.3 is 0 Å². The summed E-state index contributed by atoms with van der Waals surface area (Å²) >= 11 is 0. The number of rotatable bonds is 3. The van der Waals surface area contributed by atoms with Crippen LogP contribution in [-0.2, 0) is 0 Å². The van der Waals surface area contributed by atoms with E-state index in [1.54, 1.807) is 0 Å². The second-order valence-electron chi connectivity index (χ2n) is 2.73. The smallest absolute Gasteiger partial charge is 0.0922 e. The molecular formula is C7H16N4. The molecule has 0 spiro atoms. The average Bonchev–Trinajstić information content (AvgIpc) is 2.06. The van der Waals surface area contributed by atoms with Crippen LogP contribution < -0.4 is 5.32 Å². The molecule has 0 atom stereocenters. The van der Waals surface area contributed by atoms with E-state index in [4.69, 9.17) is 0 Å². The number of hydrogen-bond donors (Lipinski definition) is 1. The Bertz CT molecular complexity index is 126. The van der Waals surface area contributed by atoms with E-state index in [0.717, 1.165) is 33.2 Å². The van der Waals surface area contributed by atoms with Crippen LogP contribution in [0.15, 0.2) is 4.99 Å². The van der Waals surface area contributed by atoms with Gasteiger partial charge in [-0.2, -0.15) is 0 Å². The van der Waals surface area contributed by atoms with E-state index in [0.29, 0.717) is 0 Å². The van der Waals surface area contributed by atoms with Gasteiger partial charge in [0.05, 0.1) is 26.7 Å². The van der Waals surface area contributed by atoms with Crippen LogP contribution in [0.4, 0.5) is 0 Å². The second kappa shape index (κ2) is 4.43. The van der Waals surface area contributed by atoms with Gasteiger partial charge in [-0.3, -0.25) is 20.1 Å². The molecular weight excluding hydrogens is 140 g/mol. The number of aliphatic imine (C=N–C) groups is 1. The van der Waals surface area contributed by atoms with Gasteiger partial charge in [0.2, 0.25) is 0 Å². The Hall–Kier alpha value is -0.450. The Morgan fingerprint density at radius 3 is 2.82 bits per heavy atom. The third-order valence-electron chi connectivity index (χ3n) is 1.82. The van der Waals surface area contributed by atoms with E-state index in [2.05, 4.69) is 33.8 Å². The summed E-state index contributed by atoms with van der Waals surface area (Å²) < 4.78 is 0. The first kappa shape index (κ1) is 8.64. The van der Waals surface area contributed by atoms with Crippen molar-refractivity contribution in [3.8, 4) is 0 Å². The molecule has 0 radical (unpaired) electrons. The van der Waals surface area contributed by atoms with Crippen molar-refractivity contribution in [2.75, 3.05) is 33.2 Å². The topological polar surface area (TPSA) is 30.9 Å². The van der Waals surface area contributed by atoms with Gasteiger partial charge in [-0.05, 0) is 13.3 Å². The first-order valence-electron chi connectivity index (χ1n) is 3.94. The van der Waals surface area contributed by atoms with E-state index < -0.39 is 0 Å². The van der Waals surface area contributed by atoms with Crippen molar-refractivity contribution >= 4 is 6.72 Å². The van der Waals surface area contributed by atoms with Crippen LogP contribution in [0.1, 0.15) is 6.92 Å². The molecule has 0 aliphatic carbocycles. The molecule has 1 aliphatic heterocycles. The standard InChI is InChI=1S/C7H16N4/c1-3-10-5-9-6-11(7-10)4-8-2/h9H,2-7H2,1H3. The molecule has 0 unspecified atom stereocenters. The van der Waals surface area contributed by atoms with Crippen molar-refractivity contribution in [1.29, 1.82) is 0 Å². The molecule has 1 N–H and O–H groups in total. The fourth-order valence-corrected chi connectivity index (χ4v) is 1.20. The van der Waals surface area contributed by atoms with E-state index in [-0.39, 0.29) is 0 Å². The molecule has 4 heteroatoms. The third-order valence-corrected chi connectivity index (χ3v) is 1.82. The van der Waals surface area contributed by atoms with Crippen LogP contribution >= 0.6 is 0 Å². The molecule has 4 nitrogen and oxygen atoms in total. The van der Waals surface area contributed by atoms with Crippen LogP contribution in [0, 0.1) is 0 Å². The van der Waals surface area contributed by atoms with Crippen molar-refractivity contribution in [2.45, 2.75) is 6.92 Å². The molecule has 1 aliphatic rings. The lowest BCUT2D eigenvalue weighted by atomic mass is 10.5. The highest BCUT2D eigenvalue weighted by Crippen LogP contribution is 1.96. The molecule has 0 amide bonds. The molecule has 1 heterocycles. The molecule has 0 aromatic heterocycles. The number of nitrogens with one attached hydrogen (secondary N) is 1. The quantitative estimate of drug-likeness (QED) is 0.571. The maximum atomic E-state index is 3.84. The van der Waals surface area contributed by atoms with Gasteiger partial charge < -0.3 is 0 Å². The first-order valence-corrected chi connectivity index (χ1v) is 3.94. The van der Waals surface area contributed by atoms with Crippen LogP contribution in [-0.4, -0.2) is 49.7 Å². The number of hydrogen-bond acceptors (Lipinski definition) is 4. The van der Waals surface area contributed by atoms with Gasteiger partial charge in [0, 0.05) is 0 Å². The molecule has 0 aromatic carbocycles. The zero-order valence-electron chi connectivity index (χ0n) is 7.08. The highest BCUT2D eigenvalue weighted by Gasteiger charge is 2.13. The van der Waals surface area contributed by atoms with E-state index in [1.807, 2.05) is 0 Å². The van der Waals surface area contributed by atoms with Crippen LogP contribution in [0.3, 0.4) is 0 Å². The summed E-state index contributed by atoms with van der Waals surface area (Å²) in [5, 5.41) is 3.28. The lowest BCUT2D eigenvalue weighted by Gasteiger charge is -2.34. The predicted octanol–water partition coefficient (Wildman–Crippen LogP) is -0.256. The van der Waals surface area contributed by atoms with Gasteiger partial charge in [0.1, 0.15) is 0 Å². The lowest BCUT2D eigenvalue weighted by molar-refractivity contribution is 0.0726. The first-order chi connectivity index (χ1) is 5.36. The van der Waals surface area contributed by atoms with E-state index in [1.165, 1.54) is 0 Å². The molecule has 64 valence electrons. The molecule has 1 rings (SSSR count). The third kappa shape index (κ3) is 2.57. The minimum absolute atomic E-state index is 0.726. The largest absolute Gasteiger partial charge is 0.291 e. The molecule has 0 saturated carbocycles. The maximum absolute atomic E-state index is 3.84. The van der Waals surface area contributed by atoms with E-state index >= 15 is 0 Å². The molecule has 0 aromatic rings. The van der Waals surface area contributed by atoms with Gasteiger partial charge in [-0.25, -0.2) is 0 Å². The Kier molecular flexibility index (Phi) is 3.48. The minimum atomic E-state index is 0.726. The predicted molar refractivity (Wildman–Crippen MR) is 46.4 cm³/mol. The summed E-state index contributed by atoms with van der Waals surface area (Å²) in [5.41, 5.74) is 0. The lowest BCUT2D eigenvalue weighted by Crippen LogP contribution is -2.52. The summed E-state index contributed by atoms with van der Waals surface area (Å²) in [6.45, 7) is 10.4. The van der Waals surface area contributed by atoms with Crippen LogP contribution in [0.25, 0.3) is 0 Å². The van der Waals surface area contributed by atoms with Crippen molar-refractivity contribution in [2.24, 2.45) is 4.99 Å². The minimum Gasteiger partial charge on any atom is -0.291 e. The Labute approximate surface area is 67.9 Å². The fraction of sp³-hybridized carbons (Fsp3) is 0.857. The van der Waals surface area contributed by atoms with Crippen molar-refractivity contribution in [1.82, 2.24) is 15.1 Å². The Morgan fingerprint density at radius 1 is 1.45 bits per heavy atom. The Morgan fingerprint density at radius 2 is 2.18 bits per heavy atom. The van der Waals surface area contributed by atoms with Crippen molar-refractivity contribution in [3.05, 3.63) is 0 Å². The summed E-state index contributed by atoms with van der Waals surface area (Å²) in [4.78, 5) is 8.36. The SMILES string of the molecule is C=NCN1CNCN(CC)C1. The second-order valence-corrected chi connectivity index (χ2v) is 2.73. The van der Waals surface area contributed by atoms with Crippen molar-refractivity contribution < 1.29 is 0 Å². The zero-order valence-corrected chi connectivity index (χ0v) is 7.08. The van der Waals surface area contributed by atoms with Crippen molar-refractivity contribution in [3.63, 3.8) is 0 Å². The fourth-order valence-electron chi connectivity index (χ4n) is 1.20. The summed E-state index contributed by atoms with van der Waals surface area (Å²) in [6, 6.07) is 0. The average molecular weight is 156 g/mol. The summed E-state index contributed by atoms with van der Waals surface area (Å²) in [6.07, 6.45) is 0. The molecule has 0 bridgehead atoms. The van der Waals surface area contributed by atoms with Crippen LogP contribution in [0.2, 0.25) is 0 Å². The highest BCUT2D eigenvalue weighted by atomic mass is 15.4. The van der Waals surface area contributed by atoms with Gasteiger partial charge in [0.15, 0.2) is 0 Å². The normalized spacial score (nSPS) is 21.9. The number of nitrogens with zero attached hydrogens (tertiary/aromatic N) is 3. The zero-order chi connectivity index (χ0) is 8.10. The summed E-state index contributed by atoms with van der Waals surface area (Å²) in [5.74, 6) is 0. The van der Waals surface area contributed by atoms with E-state index in [9.17, 15) is 0 Å². The van der Waals surface area contributed by atoms with Gasteiger partial charge in [-0.15, -0.1) is 0 Å². The molecule has 1 saturated heterocycles.